The molecular formula is C26H23ClN2O3S2. The zero-order chi connectivity index (χ0) is 24.6. The standard InChI is InChI=1S/C26H23ClN2O3S2/c1-15-4-7-18(8-5-15)23(30)24-22(28)25(34(31,32)20-11-9-19(27)10-12-20)26(33-24)29-21-13-6-16(2)14-17(21)3/h4-14,29H,28H2,1-3H3. The van der Waals surface area contributed by atoms with E-state index in [1.54, 1.807) is 12.1 Å². The van der Waals surface area contributed by atoms with Crippen LogP contribution in [-0.2, 0) is 9.84 Å². The van der Waals surface area contributed by atoms with Crippen molar-refractivity contribution in [2.75, 3.05) is 11.1 Å². The number of thiophene rings is 1. The molecule has 0 fully saturated rings. The molecule has 5 nitrogen and oxygen atoms in total. The molecular weight excluding hydrogens is 488 g/mol. The first-order valence-electron chi connectivity index (χ1n) is 10.5. The molecule has 1 heterocycles. The number of halogens is 1. The number of nitrogen functional groups attached to an aromatic ring is 1. The summed E-state index contributed by atoms with van der Waals surface area (Å²) in [6, 6.07) is 18.7. The molecule has 0 saturated carbocycles. The number of nitrogens with one attached hydrogen (secondary N) is 1. The number of nitrogens with two attached hydrogens (primary N) is 1. The lowest BCUT2D eigenvalue weighted by Crippen LogP contribution is -2.08. The van der Waals surface area contributed by atoms with Crippen LogP contribution in [0.5, 0.6) is 0 Å². The molecule has 0 aliphatic rings. The van der Waals surface area contributed by atoms with Crippen molar-refractivity contribution in [3.8, 4) is 0 Å². The minimum Gasteiger partial charge on any atom is -0.396 e. The fourth-order valence-corrected chi connectivity index (χ4v) is 6.64. The highest BCUT2D eigenvalue weighted by atomic mass is 35.5. The molecule has 1 aromatic heterocycles. The van der Waals surface area contributed by atoms with E-state index in [2.05, 4.69) is 5.32 Å². The van der Waals surface area contributed by atoms with Crippen LogP contribution in [0.15, 0.2) is 76.5 Å². The Morgan fingerprint density at radius 1 is 0.912 bits per heavy atom. The van der Waals surface area contributed by atoms with Gasteiger partial charge >= 0.3 is 0 Å². The maximum atomic E-state index is 13.7. The predicted octanol–water partition coefficient (Wildman–Crippen LogP) is 6.72. The number of sulfone groups is 1. The second-order valence-corrected chi connectivity index (χ2v) is 11.4. The highest BCUT2D eigenvalue weighted by Crippen LogP contribution is 2.44. The van der Waals surface area contributed by atoms with Crippen molar-refractivity contribution in [2.24, 2.45) is 0 Å². The highest BCUT2D eigenvalue weighted by Gasteiger charge is 2.32. The van der Waals surface area contributed by atoms with Gasteiger partial charge in [0.25, 0.3) is 0 Å². The number of hydrogen-bond acceptors (Lipinski definition) is 6. The van der Waals surface area contributed by atoms with Gasteiger partial charge in [-0.05, 0) is 56.7 Å². The second kappa shape index (κ2) is 9.25. The van der Waals surface area contributed by atoms with Gasteiger partial charge in [-0.15, -0.1) is 11.3 Å². The fraction of sp³-hybridized carbons (Fsp3) is 0.115. The highest BCUT2D eigenvalue weighted by molar-refractivity contribution is 7.92. The Bertz CT molecular complexity index is 1490. The van der Waals surface area contributed by atoms with Crippen LogP contribution in [0.1, 0.15) is 31.9 Å². The summed E-state index contributed by atoms with van der Waals surface area (Å²) in [5.74, 6) is -0.330. The molecule has 0 spiro atoms. The van der Waals surface area contributed by atoms with E-state index < -0.39 is 9.84 Å². The molecule has 0 aliphatic carbocycles. The number of anilines is 3. The van der Waals surface area contributed by atoms with Crippen LogP contribution in [0.4, 0.5) is 16.4 Å². The minimum atomic E-state index is -4.05. The van der Waals surface area contributed by atoms with E-state index in [1.165, 1.54) is 24.3 Å². The SMILES string of the molecule is Cc1ccc(C(=O)c2sc(Nc3ccc(C)cc3C)c(S(=O)(=O)c3ccc(Cl)cc3)c2N)cc1. The van der Waals surface area contributed by atoms with Crippen molar-refractivity contribution < 1.29 is 13.2 Å². The number of carbonyl (C=O) groups is 1. The Balaban J connectivity index is 1.89. The van der Waals surface area contributed by atoms with Crippen LogP contribution in [0.2, 0.25) is 5.02 Å². The first-order chi connectivity index (χ1) is 16.1. The molecule has 3 aromatic carbocycles. The van der Waals surface area contributed by atoms with E-state index in [0.29, 0.717) is 10.6 Å². The van der Waals surface area contributed by atoms with Crippen molar-refractivity contribution in [2.45, 2.75) is 30.6 Å². The number of aryl methyl sites for hydroxylation is 3. The fourth-order valence-electron chi connectivity index (χ4n) is 3.59. The lowest BCUT2D eigenvalue weighted by molar-refractivity contribution is 0.104. The van der Waals surface area contributed by atoms with Crippen molar-refractivity contribution in [3.05, 3.63) is 98.9 Å². The van der Waals surface area contributed by atoms with Gasteiger partial charge in [0, 0.05) is 16.3 Å². The van der Waals surface area contributed by atoms with E-state index in [0.717, 1.165) is 33.7 Å². The van der Waals surface area contributed by atoms with Crippen molar-refractivity contribution in [1.29, 1.82) is 0 Å². The lowest BCUT2D eigenvalue weighted by atomic mass is 10.1. The largest absolute Gasteiger partial charge is 0.396 e. The molecule has 0 saturated heterocycles. The van der Waals surface area contributed by atoms with Gasteiger partial charge in [-0.25, -0.2) is 8.42 Å². The van der Waals surface area contributed by atoms with E-state index in [-0.39, 0.29) is 31.1 Å². The summed E-state index contributed by atoms with van der Waals surface area (Å²) in [5, 5.41) is 3.92. The van der Waals surface area contributed by atoms with E-state index in [9.17, 15) is 13.2 Å². The van der Waals surface area contributed by atoms with Crippen LogP contribution < -0.4 is 11.1 Å². The molecule has 0 unspecified atom stereocenters. The summed E-state index contributed by atoms with van der Waals surface area (Å²) in [4.78, 5) is 13.4. The second-order valence-electron chi connectivity index (χ2n) is 8.10. The zero-order valence-electron chi connectivity index (χ0n) is 18.8. The normalized spacial score (nSPS) is 11.4. The summed E-state index contributed by atoms with van der Waals surface area (Å²) in [6.45, 7) is 5.84. The third kappa shape index (κ3) is 4.59. The number of benzene rings is 3. The summed E-state index contributed by atoms with van der Waals surface area (Å²) in [7, 11) is -4.05. The molecule has 0 amide bonds. The topological polar surface area (TPSA) is 89.3 Å². The van der Waals surface area contributed by atoms with Crippen LogP contribution in [0.25, 0.3) is 0 Å². The number of carbonyl (C=O) groups excluding carboxylic acids is 1. The van der Waals surface area contributed by atoms with Crippen molar-refractivity contribution >= 4 is 54.9 Å². The third-order valence-electron chi connectivity index (χ3n) is 5.44. The summed E-state index contributed by atoms with van der Waals surface area (Å²) in [5.41, 5.74) is 10.5. The number of ketones is 1. The van der Waals surface area contributed by atoms with E-state index in [1.807, 2.05) is 51.1 Å². The molecule has 8 heteroatoms. The average Bonchev–Trinajstić information content (AvgIpc) is 3.12. The predicted molar refractivity (Wildman–Crippen MR) is 139 cm³/mol. The third-order valence-corrected chi connectivity index (χ3v) is 8.80. The molecule has 174 valence electrons. The van der Waals surface area contributed by atoms with Crippen molar-refractivity contribution in [3.63, 3.8) is 0 Å². The monoisotopic (exact) mass is 510 g/mol. The summed E-state index contributed by atoms with van der Waals surface area (Å²) >= 11 is 6.99. The van der Waals surface area contributed by atoms with Gasteiger partial charge in [0.15, 0.2) is 0 Å². The van der Waals surface area contributed by atoms with Gasteiger partial charge in [0.1, 0.15) is 14.8 Å². The molecule has 0 bridgehead atoms. The van der Waals surface area contributed by atoms with E-state index >= 15 is 0 Å². The van der Waals surface area contributed by atoms with Crippen LogP contribution in [0.3, 0.4) is 0 Å². The zero-order valence-corrected chi connectivity index (χ0v) is 21.2. The molecule has 0 atom stereocenters. The Kier molecular flexibility index (Phi) is 6.53. The molecule has 0 aliphatic heterocycles. The number of rotatable bonds is 6. The quantitative estimate of drug-likeness (QED) is 0.281. The van der Waals surface area contributed by atoms with Gasteiger partial charge in [0.2, 0.25) is 15.6 Å². The van der Waals surface area contributed by atoms with Gasteiger partial charge in [0.05, 0.1) is 10.6 Å². The lowest BCUT2D eigenvalue weighted by Gasteiger charge is -2.12. The number of hydrogen-bond donors (Lipinski definition) is 2. The van der Waals surface area contributed by atoms with Gasteiger partial charge < -0.3 is 11.1 Å². The maximum absolute atomic E-state index is 13.7. The van der Waals surface area contributed by atoms with Crippen LogP contribution in [-0.4, -0.2) is 14.2 Å². The smallest absolute Gasteiger partial charge is 0.211 e. The first kappa shape index (κ1) is 24.0. The van der Waals surface area contributed by atoms with Gasteiger partial charge in [-0.3, -0.25) is 4.79 Å². The Hall–Kier alpha value is -3.13. The minimum absolute atomic E-state index is 0.0411. The summed E-state index contributed by atoms with van der Waals surface area (Å²) < 4.78 is 27.3. The Morgan fingerprint density at radius 3 is 2.15 bits per heavy atom. The molecule has 34 heavy (non-hydrogen) atoms. The first-order valence-corrected chi connectivity index (χ1v) is 13.1. The Labute approximate surface area is 208 Å². The maximum Gasteiger partial charge on any atom is 0.211 e. The van der Waals surface area contributed by atoms with Crippen LogP contribution in [0, 0.1) is 20.8 Å². The van der Waals surface area contributed by atoms with Crippen molar-refractivity contribution in [1.82, 2.24) is 0 Å². The molecule has 0 radical (unpaired) electrons. The molecule has 3 N–H and O–H groups in total. The van der Waals surface area contributed by atoms with Gasteiger partial charge in [-0.2, -0.15) is 0 Å². The van der Waals surface area contributed by atoms with Crippen LogP contribution >= 0.6 is 22.9 Å². The van der Waals surface area contributed by atoms with Gasteiger partial charge in [-0.1, -0.05) is 59.1 Å². The van der Waals surface area contributed by atoms with E-state index in [4.69, 9.17) is 17.3 Å². The summed E-state index contributed by atoms with van der Waals surface area (Å²) in [6.07, 6.45) is 0. The average molecular weight is 511 g/mol. The molecule has 4 aromatic rings. The molecule has 4 rings (SSSR count). The Morgan fingerprint density at radius 2 is 1.53 bits per heavy atom.